The number of hydrogen-bond acceptors (Lipinski definition) is 0. The molecular formula is C6H14I3Si-. The van der Waals surface area contributed by atoms with E-state index in [-0.39, 0.29) is 0 Å². The second-order valence-electron chi connectivity index (χ2n) is 2.80. The average molecular weight is 495 g/mol. The second kappa shape index (κ2) is 9.49. The van der Waals surface area contributed by atoms with Gasteiger partial charge in [-0.1, -0.05) is 37.6 Å². The Morgan fingerprint density at radius 3 is 1.70 bits per heavy atom. The van der Waals surface area contributed by atoms with Crippen molar-refractivity contribution >= 4 is 47.5 Å². The fourth-order valence-corrected chi connectivity index (χ4v) is 2.12. The van der Waals surface area contributed by atoms with Gasteiger partial charge in [0, 0.05) is 10.2 Å². The van der Waals surface area contributed by atoms with Crippen molar-refractivity contribution in [2.24, 2.45) is 0 Å². The first-order valence-electron chi connectivity index (χ1n) is 3.68. The summed E-state index contributed by atoms with van der Waals surface area (Å²) in [6.07, 6.45) is 7.65. The van der Waals surface area contributed by atoms with Gasteiger partial charge < -0.3 is 0 Å². The predicted octanol–water partition coefficient (Wildman–Crippen LogP) is -0.120. The Bertz CT molecular complexity index is 64.0. The zero-order chi connectivity index (χ0) is 7.82. The van der Waals surface area contributed by atoms with E-state index in [4.69, 9.17) is 0 Å². The molecule has 1 aliphatic rings. The van der Waals surface area contributed by atoms with Gasteiger partial charge in [-0.05, 0) is 0 Å². The van der Waals surface area contributed by atoms with Gasteiger partial charge in [-0.15, -0.1) is 0 Å². The van der Waals surface area contributed by atoms with Gasteiger partial charge in [-0.3, -0.25) is 0 Å². The minimum absolute atomic E-state index is 0.530. The van der Waals surface area contributed by atoms with E-state index in [0.29, 0.717) is 13.3 Å². The van der Waals surface area contributed by atoms with Gasteiger partial charge in [0.25, 0.3) is 0 Å². The third-order valence-corrected chi connectivity index (χ3v) is 3.05. The first-order chi connectivity index (χ1) is 4.81. The van der Waals surface area contributed by atoms with E-state index >= 15 is 0 Å². The summed E-state index contributed by atoms with van der Waals surface area (Å²) in [7, 11) is 1.45. The van der Waals surface area contributed by atoms with Crippen LogP contribution in [0.4, 0.5) is 0 Å². The molecule has 0 saturated heterocycles. The maximum Gasteiger partial charge on any atom is 0.00672 e. The maximum atomic E-state index is 2.39. The van der Waals surface area contributed by atoms with E-state index in [2.05, 4.69) is 37.2 Å². The molecule has 0 aromatic carbocycles. The van der Waals surface area contributed by atoms with Gasteiger partial charge in [0.2, 0.25) is 0 Å². The third kappa shape index (κ3) is 8.50. The molecule has 0 aliphatic heterocycles. The van der Waals surface area contributed by atoms with Gasteiger partial charge in [-0.2, -0.15) is 0 Å². The Kier molecular flexibility index (Phi) is 11.8. The molecule has 0 amide bonds. The van der Waals surface area contributed by atoms with Crippen LogP contribution in [-0.2, 0) is 0 Å². The van der Waals surface area contributed by atoms with E-state index < -0.39 is 0 Å². The van der Waals surface area contributed by atoms with Crippen molar-refractivity contribution in [3.05, 3.63) is 0 Å². The van der Waals surface area contributed by atoms with Gasteiger partial charge in [0.15, 0.2) is 0 Å². The summed E-state index contributed by atoms with van der Waals surface area (Å²) in [6, 6.07) is 0. The smallest absolute Gasteiger partial charge is 0.00672 e. The standard InChI is InChI=1S/C6H14Si.I3/c7-6-4-2-1-3-5-6;1-3-2/h6H,1-5H2,7H3;/q;-1. The summed E-state index contributed by atoms with van der Waals surface area (Å²) in [4.78, 5) is 0. The molecule has 64 valence electrons. The summed E-state index contributed by atoms with van der Waals surface area (Å²) in [5.74, 6) is 0. The topological polar surface area (TPSA) is 0 Å². The van der Waals surface area contributed by atoms with Crippen molar-refractivity contribution < 1.29 is 13.3 Å². The Balaban J connectivity index is 0.000000236. The predicted molar refractivity (Wildman–Crippen MR) is 64.8 cm³/mol. The summed E-state index contributed by atoms with van der Waals surface area (Å²) >= 11 is 5.30. The van der Waals surface area contributed by atoms with Gasteiger partial charge >= 0.3 is 50.5 Å². The van der Waals surface area contributed by atoms with Crippen molar-refractivity contribution in [1.82, 2.24) is 0 Å². The minimum Gasteiger partial charge on any atom is -0.0546 e. The first-order valence-corrected chi connectivity index (χ1v) is 17.4. The van der Waals surface area contributed by atoms with Crippen LogP contribution in [-0.4, -0.2) is 10.2 Å². The number of hydrogen-bond donors (Lipinski definition) is 0. The van der Waals surface area contributed by atoms with Gasteiger partial charge in [-0.25, -0.2) is 0 Å². The van der Waals surface area contributed by atoms with Crippen LogP contribution in [0, 0.1) is 0 Å². The molecule has 0 aromatic heterocycles. The fourth-order valence-electron chi connectivity index (χ4n) is 1.31. The molecule has 0 aromatic rings. The van der Waals surface area contributed by atoms with E-state index in [1.807, 2.05) is 0 Å². The largest absolute Gasteiger partial charge is 0.0546 e. The average Bonchev–Trinajstić information content (AvgIpc) is 1.91. The van der Waals surface area contributed by atoms with Crippen molar-refractivity contribution in [3.8, 4) is 0 Å². The molecule has 10 heavy (non-hydrogen) atoms. The summed E-state index contributed by atoms with van der Waals surface area (Å²) < 4.78 is 0. The monoisotopic (exact) mass is 495 g/mol. The second-order valence-corrected chi connectivity index (χ2v) is 20.7. The van der Waals surface area contributed by atoms with Crippen molar-refractivity contribution in [3.63, 3.8) is 0 Å². The Morgan fingerprint density at radius 2 is 1.50 bits per heavy atom. The van der Waals surface area contributed by atoms with Crippen LogP contribution < -0.4 is 13.3 Å². The molecule has 1 rings (SSSR count). The summed E-state index contributed by atoms with van der Waals surface area (Å²) in [5.41, 5.74) is 1.17. The zero-order valence-electron chi connectivity index (χ0n) is 6.25. The molecule has 1 aliphatic carbocycles. The third-order valence-electron chi connectivity index (χ3n) is 1.89. The van der Waals surface area contributed by atoms with Crippen molar-refractivity contribution in [1.29, 1.82) is 0 Å². The SMILES string of the molecule is I[I-]I.[SiH3]C1CCCCC1. The van der Waals surface area contributed by atoms with E-state index in [0.717, 1.165) is 0 Å². The van der Waals surface area contributed by atoms with Crippen LogP contribution in [0.15, 0.2) is 0 Å². The molecule has 0 atom stereocenters. The normalized spacial score (nSPS) is 20.2. The van der Waals surface area contributed by atoms with Crippen LogP contribution in [0.25, 0.3) is 0 Å². The zero-order valence-corrected chi connectivity index (χ0v) is 14.7. The summed E-state index contributed by atoms with van der Waals surface area (Å²) in [6.45, 7) is 0. The molecule has 0 N–H and O–H groups in total. The summed E-state index contributed by atoms with van der Waals surface area (Å²) in [5, 5.41) is 0. The Hall–Kier alpha value is 2.41. The Morgan fingerprint density at radius 1 is 1.10 bits per heavy atom. The quantitative estimate of drug-likeness (QED) is 0.325. The van der Waals surface area contributed by atoms with Crippen LogP contribution in [0.1, 0.15) is 32.1 Å². The van der Waals surface area contributed by atoms with Gasteiger partial charge in [0.1, 0.15) is 0 Å². The molecule has 0 unspecified atom stereocenters. The molecule has 1 fully saturated rings. The number of halogens is 3. The van der Waals surface area contributed by atoms with Crippen LogP contribution >= 0.6 is 37.2 Å². The molecule has 0 bridgehead atoms. The van der Waals surface area contributed by atoms with E-state index in [1.54, 1.807) is 12.8 Å². The van der Waals surface area contributed by atoms with Crippen molar-refractivity contribution in [2.75, 3.05) is 0 Å². The van der Waals surface area contributed by atoms with E-state index in [9.17, 15) is 0 Å². The van der Waals surface area contributed by atoms with Crippen LogP contribution in [0.5, 0.6) is 0 Å². The van der Waals surface area contributed by atoms with Crippen molar-refractivity contribution in [2.45, 2.75) is 37.6 Å². The van der Waals surface area contributed by atoms with Crippen LogP contribution in [0.3, 0.4) is 0 Å². The van der Waals surface area contributed by atoms with Crippen LogP contribution in [0.2, 0.25) is 5.54 Å². The molecular weight excluding hydrogens is 481 g/mol. The molecule has 1 saturated carbocycles. The van der Waals surface area contributed by atoms with Gasteiger partial charge in [0.05, 0.1) is 0 Å². The fraction of sp³-hybridized carbons (Fsp3) is 1.00. The molecule has 4 heteroatoms. The molecule has 0 nitrogen and oxygen atoms in total. The molecule has 0 radical (unpaired) electrons. The minimum atomic E-state index is 0.530. The molecule has 0 heterocycles. The van der Waals surface area contributed by atoms with E-state index in [1.165, 1.54) is 35.0 Å². The maximum absolute atomic E-state index is 2.39. The Labute approximate surface area is 96.7 Å². The molecule has 0 spiro atoms. The first kappa shape index (κ1) is 12.4. The number of rotatable bonds is 0.